The smallest absolute Gasteiger partial charge is 0.410 e. The first-order valence-electron chi connectivity index (χ1n) is 17.4. The summed E-state index contributed by atoms with van der Waals surface area (Å²) in [6.45, 7) is 15.2. The summed E-state index contributed by atoms with van der Waals surface area (Å²) in [7, 11) is 3.70. The van der Waals surface area contributed by atoms with Gasteiger partial charge in [0, 0.05) is 43.4 Å². The van der Waals surface area contributed by atoms with E-state index in [2.05, 4.69) is 29.5 Å². The molecule has 2 saturated heterocycles. The Hall–Kier alpha value is -3.45. The number of Topliss-reactive ketones (excluding diaryl/α,β-unsaturated/α-hetero) is 1. The normalized spacial score (nSPS) is 33.8. The lowest BCUT2D eigenvalue weighted by Gasteiger charge is -2.41. The van der Waals surface area contributed by atoms with E-state index in [4.69, 9.17) is 19.9 Å². The summed E-state index contributed by atoms with van der Waals surface area (Å²) in [5, 5.41) is 12.3. The molecule has 48 heavy (non-hydrogen) atoms. The van der Waals surface area contributed by atoms with Crippen LogP contribution in [-0.2, 0) is 30.3 Å². The molecule has 12 nitrogen and oxygen atoms in total. The van der Waals surface area contributed by atoms with Crippen molar-refractivity contribution in [3.63, 3.8) is 0 Å². The second-order valence-electron chi connectivity index (χ2n) is 14.4. The molecule has 0 unspecified atom stereocenters. The van der Waals surface area contributed by atoms with Gasteiger partial charge in [-0.3, -0.25) is 19.2 Å². The summed E-state index contributed by atoms with van der Waals surface area (Å²) >= 11 is 0. The minimum absolute atomic E-state index is 0.133. The van der Waals surface area contributed by atoms with Gasteiger partial charge in [-0.1, -0.05) is 38.1 Å². The van der Waals surface area contributed by atoms with Gasteiger partial charge >= 0.3 is 12.1 Å². The highest BCUT2D eigenvalue weighted by Gasteiger charge is 2.58. The van der Waals surface area contributed by atoms with E-state index >= 15 is 0 Å². The maximum Gasteiger partial charge on any atom is 0.410 e. The van der Waals surface area contributed by atoms with Crippen LogP contribution in [0.15, 0.2) is 30.5 Å². The molecule has 2 aromatic rings. The molecule has 2 aliphatic heterocycles. The number of cyclic esters (lactones) is 1. The average Bonchev–Trinajstić information content (AvgIpc) is 3.64. The Balaban J connectivity index is 1.54. The molecule has 3 N–H and O–H groups in total. The van der Waals surface area contributed by atoms with Gasteiger partial charge in [0.1, 0.15) is 31.3 Å². The van der Waals surface area contributed by atoms with Crippen LogP contribution in [0.3, 0.4) is 0 Å². The fourth-order valence-corrected chi connectivity index (χ4v) is 7.63. The summed E-state index contributed by atoms with van der Waals surface area (Å²) in [6.07, 6.45) is 3.28. The molecule has 264 valence electrons. The molecule has 2 aliphatic rings. The third-order valence-corrected chi connectivity index (χ3v) is 10.9. The molecular weight excluding hydrogens is 611 g/mol. The van der Waals surface area contributed by atoms with E-state index in [1.165, 1.54) is 0 Å². The van der Waals surface area contributed by atoms with Crippen molar-refractivity contribution < 1.29 is 28.6 Å². The third kappa shape index (κ3) is 7.88. The largest absolute Gasteiger partial charge is 0.458 e. The Morgan fingerprint density at radius 2 is 1.83 bits per heavy atom. The molecule has 9 atom stereocenters. The molecule has 2 fully saturated rings. The maximum absolute atomic E-state index is 13.6. The Morgan fingerprint density at radius 3 is 2.50 bits per heavy atom. The Kier molecular flexibility index (Phi) is 12.0. The van der Waals surface area contributed by atoms with Crippen molar-refractivity contribution in [2.45, 2.75) is 116 Å². The number of nitrogens with two attached hydrogens (primary N) is 1. The number of unbranched alkanes of at least 4 members (excludes halogenated alkanes) is 1. The van der Waals surface area contributed by atoms with Crippen molar-refractivity contribution in [1.82, 2.24) is 25.2 Å². The first-order valence-corrected chi connectivity index (χ1v) is 17.4. The number of carbonyl (C=O) groups is 3. The first-order chi connectivity index (χ1) is 22.6. The summed E-state index contributed by atoms with van der Waals surface area (Å²) in [5.74, 6) is -2.12. The van der Waals surface area contributed by atoms with Crippen LogP contribution in [0.4, 0.5) is 10.5 Å². The fraction of sp³-hybridized carbons (Fsp3) is 0.686. The molecule has 1 amide bonds. The molecule has 0 bridgehead atoms. The van der Waals surface area contributed by atoms with Gasteiger partial charge in [0.2, 0.25) is 0 Å². The lowest BCUT2D eigenvalue weighted by molar-refractivity contribution is -0.170. The lowest BCUT2D eigenvalue weighted by atomic mass is 9.62. The van der Waals surface area contributed by atoms with Crippen LogP contribution in [0.2, 0.25) is 5.82 Å². The number of esters is 1. The number of anilines is 1. The van der Waals surface area contributed by atoms with E-state index in [9.17, 15) is 14.4 Å². The van der Waals surface area contributed by atoms with Gasteiger partial charge < -0.3 is 25.3 Å². The monoisotopic (exact) mass is 666 g/mol. The molecule has 0 aliphatic carbocycles. The van der Waals surface area contributed by atoms with Gasteiger partial charge in [0.15, 0.2) is 5.60 Å². The number of hydrogen-bond acceptors (Lipinski definition) is 10. The predicted molar refractivity (Wildman–Crippen MR) is 187 cm³/mol. The number of methoxy groups -OCH3 is 1. The molecule has 1 aromatic carbocycles. The summed E-state index contributed by atoms with van der Waals surface area (Å²) in [4.78, 5) is 42.5. The van der Waals surface area contributed by atoms with Crippen LogP contribution in [-0.4, -0.2) is 95.2 Å². The number of ketones is 1. The first kappa shape index (κ1) is 37.4. The van der Waals surface area contributed by atoms with Crippen molar-refractivity contribution in [2.75, 3.05) is 25.9 Å². The van der Waals surface area contributed by atoms with E-state index in [0.717, 1.165) is 17.7 Å². The van der Waals surface area contributed by atoms with Crippen molar-refractivity contribution in [1.29, 1.82) is 0 Å². The number of nitrogens with one attached hydrogen (secondary N) is 1. The Morgan fingerprint density at radius 1 is 1.12 bits per heavy atom. The van der Waals surface area contributed by atoms with Crippen molar-refractivity contribution in [3.8, 4) is 11.3 Å². The number of nitrogens with zero attached hydrogens (tertiary/aromatic N) is 4. The number of rotatable bonds is 8. The van der Waals surface area contributed by atoms with E-state index in [0.29, 0.717) is 44.6 Å². The van der Waals surface area contributed by atoms with Crippen molar-refractivity contribution in [2.24, 2.45) is 17.8 Å². The zero-order valence-electron chi connectivity index (χ0n) is 30.2. The minimum Gasteiger partial charge on any atom is -0.458 e. The number of nitrogen functional groups attached to an aromatic ring is 1. The van der Waals surface area contributed by atoms with Gasteiger partial charge in [0.05, 0.1) is 17.8 Å². The second kappa shape index (κ2) is 15.4. The van der Waals surface area contributed by atoms with Gasteiger partial charge in [-0.15, -0.1) is 5.10 Å². The quantitative estimate of drug-likeness (QED) is 0.140. The standard InChI is InChI=1S/C35H55BN6O6/c1-9-28-35(7)31(24(5)38-19-21(2)18-34(6,46-8)30(36)22(3)29(43)23(4)32(44)47-28)42(33(45)48-35)16-11-10-15-41-20-27(39-40-41)25-13-12-14-26(37)17-25/h12-14,17,20-24,28,30-31,38H,9-11,15-16,18-19,36-37H2,1-8H3/t21-,22-,23-,24-,28-,30-,31-,34-,35-/m1/s1. The van der Waals surface area contributed by atoms with E-state index < -0.39 is 47.2 Å². The lowest BCUT2D eigenvalue weighted by Crippen LogP contribution is -2.61. The van der Waals surface area contributed by atoms with E-state index in [1.54, 1.807) is 23.6 Å². The Bertz CT molecular complexity index is 1440. The predicted octanol–water partition coefficient (Wildman–Crippen LogP) is 3.89. The van der Waals surface area contributed by atoms with Gasteiger partial charge in [-0.25, -0.2) is 4.79 Å². The van der Waals surface area contributed by atoms with Crippen molar-refractivity contribution in [3.05, 3.63) is 30.5 Å². The molecule has 0 radical (unpaired) electrons. The highest BCUT2D eigenvalue weighted by atomic mass is 16.6. The number of amides is 1. The van der Waals surface area contributed by atoms with Crippen LogP contribution in [0.25, 0.3) is 11.3 Å². The molecule has 3 heterocycles. The fourth-order valence-electron chi connectivity index (χ4n) is 7.63. The Labute approximate surface area is 286 Å². The number of hydrogen-bond donors (Lipinski definition) is 2. The third-order valence-electron chi connectivity index (χ3n) is 10.9. The van der Waals surface area contributed by atoms with Gasteiger partial charge in [0.25, 0.3) is 0 Å². The minimum atomic E-state index is -1.14. The summed E-state index contributed by atoms with van der Waals surface area (Å²) < 4.78 is 20.1. The van der Waals surface area contributed by atoms with Gasteiger partial charge in [-0.2, -0.15) is 0 Å². The van der Waals surface area contributed by atoms with Crippen LogP contribution in [0, 0.1) is 17.8 Å². The van der Waals surface area contributed by atoms with Gasteiger partial charge in [-0.05, 0) is 83.8 Å². The number of ether oxygens (including phenoxy) is 3. The van der Waals surface area contributed by atoms with Crippen LogP contribution in [0.5, 0.6) is 0 Å². The second-order valence-corrected chi connectivity index (χ2v) is 14.4. The van der Waals surface area contributed by atoms with Crippen LogP contribution in [0.1, 0.15) is 74.1 Å². The number of fused-ring (bicyclic) bond motifs is 1. The molecular formula is C35H55BN6O6. The molecule has 4 rings (SSSR count). The highest BCUT2D eigenvalue weighted by Crippen LogP contribution is 2.40. The molecule has 0 saturated carbocycles. The van der Waals surface area contributed by atoms with Crippen LogP contribution >= 0.6 is 0 Å². The molecule has 0 spiro atoms. The topological polar surface area (TPSA) is 151 Å². The van der Waals surface area contributed by atoms with E-state index in [-0.39, 0.29) is 23.6 Å². The highest BCUT2D eigenvalue weighted by molar-refractivity contribution is 6.15. The number of carbonyl (C=O) groups excluding carboxylic acids is 3. The summed E-state index contributed by atoms with van der Waals surface area (Å²) in [6, 6.07) is 6.90. The maximum atomic E-state index is 13.6. The zero-order chi connectivity index (χ0) is 35.4. The average molecular weight is 667 g/mol. The molecule has 13 heteroatoms. The SMILES string of the molecule is B[C@@H]1[C@H](C)C(=O)[C@@H](C)C(=O)O[C@H](CC)[C@@]2(C)OC(=O)N(CCCCn3cc(-c4cccc(N)c4)nn3)[C@@H]2[C@@H](C)NC[C@H](C)C[C@@]1(C)OC. The van der Waals surface area contributed by atoms with Crippen LogP contribution < -0.4 is 11.1 Å². The summed E-state index contributed by atoms with van der Waals surface area (Å²) in [5.41, 5.74) is 6.52. The number of benzene rings is 1. The zero-order valence-corrected chi connectivity index (χ0v) is 30.2. The number of aryl methyl sites for hydroxylation is 1. The number of aromatic nitrogens is 3. The van der Waals surface area contributed by atoms with Crippen molar-refractivity contribution >= 4 is 31.4 Å². The van der Waals surface area contributed by atoms with E-state index in [1.807, 2.05) is 66.0 Å². The molecule has 1 aromatic heterocycles.